The zero-order valence-corrected chi connectivity index (χ0v) is 19.4. The standard InChI is InChI=1S/C24H25FN6OS/c1-3-16-11-26-23(27-12-16)28-13-19-5-4-10-30(19)22(32)21-20(17-6-8-18(25)9-7-17)29-24-31(21)14-15(2)33-24/h6-9,11-12,14,19H,3-5,10,13H2,1-2H3,(H,26,27,28)/t19-/m0/s1. The number of halogens is 1. The number of nitrogens with one attached hydrogen (secondary N) is 1. The number of thiazole rings is 1. The summed E-state index contributed by atoms with van der Waals surface area (Å²) < 4.78 is 15.4. The van der Waals surface area contributed by atoms with Crippen LogP contribution in [0.4, 0.5) is 10.3 Å². The van der Waals surface area contributed by atoms with E-state index in [0.717, 1.165) is 40.2 Å². The number of carbonyl (C=O) groups excluding carboxylic acids is 1. The number of anilines is 1. The van der Waals surface area contributed by atoms with Crippen LogP contribution < -0.4 is 5.32 Å². The molecule has 0 unspecified atom stereocenters. The Morgan fingerprint density at radius 1 is 1.24 bits per heavy atom. The molecular formula is C24H25FN6OS. The Hall–Kier alpha value is -3.33. The number of aryl methyl sites for hydroxylation is 2. The normalized spacial score (nSPS) is 16.0. The Bertz CT molecular complexity index is 1280. The molecule has 1 saturated heterocycles. The maximum Gasteiger partial charge on any atom is 0.273 e. The number of benzene rings is 1. The molecule has 4 heterocycles. The lowest BCUT2D eigenvalue weighted by molar-refractivity contribution is 0.0737. The van der Waals surface area contributed by atoms with Gasteiger partial charge in [0.25, 0.3) is 5.91 Å². The maximum absolute atomic E-state index is 13.8. The average molecular weight is 465 g/mol. The Kier molecular flexibility index (Phi) is 5.80. The predicted octanol–water partition coefficient (Wildman–Crippen LogP) is 4.58. The van der Waals surface area contributed by atoms with Gasteiger partial charge in [0.1, 0.15) is 17.2 Å². The third-order valence-corrected chi connectivity index (χ3v) is 6.91. The molecule has 1 fully saturated rings. The lowest BCUT2D eigenvalue weighted by Gasteiger charge is -2.25. The van der Waals surface area contributed by atoms with Crippen molar-refractivity contribution in [2.24, 2.45) is 0 Å². The molecule has 0 aliphatic carbocycles. The lowest BCUT2D eigenvalue weighted by atomic mass is 10.1. The van der Waals surface area contributed by atoms with Crippen LogP contribution in [0, 0.1) is 12.7 Å². The van der Waals surface area contributed by atoms with Gasteiger partial charge in [-0.15, -0.1) is 11.3 Å². The number of fused-ring (bicyclic) bond motifs is 1. The summed E-state index contributed by atoms with van der Waals surface area (Å²) in [6.45, 7) is 5.32. The van der Waals surface area contributed by atoms with Gasteiger partial charge in [-0.1, -0.05) is 6.92 Å². The SMILES string of the molecule is CCc1cnc(NC[C@@H]2CCCN2C(=O)c2c(-c3ccc(F)cc3)nc3sc(C)cn23)nc1. The van der Waals surface area contributed by atoms with E-state index >= 15 is 0 Å². The average Bonchev–Trinajstić information content (AvgIpc) is 3.52. The van der Waals surface area contributed by atoms with Gasteiger partial charge in [-0.3, -0.25) is 9.20 Å². The van der Waals surface area contributed by atoms with Gasteiger partial charge >= 0.3 is 0 Å². The number of hydrogen-bond donors (Lipinski definition) is 1. The lowest BCUT2D eigenvalue weighted by Crippen LogP contribution is -2.40. The molecule has 1 aliphatic heterocycles. The van der Waals surface area contributed by atoms with Gasteiger partial charge in [0, 0.05) is 48.2 Å². The van der Waals surface area contributed by atoms with Gasteiger partial charge in [0.15, 0.2) is 4.96 Å². The van der Waals surface area contributed by atoms with Crippen molar-refractivity contribution in [3.8, 4) is 11.3 Å². The van der Waals surface area contributed by atoms with Gasteiger partial charge in [0.2, 0.25) is 5.95 Å². The van der Waals surface area contributed by atoms with Crippen molar-refractivity contribution in [3.05, 3.63) is 64.8 Å². The van der Waals surface area contributed by atoms with Crippen LogP contribution in [-0.4, -0.2) is 49.3 Å². The van der Waals surface area contributed by atoms with Crippen LogP contribution in [0.25, 0.3) is 16.2 Å². The van der Waals surface area contributed by atoms with Gasteiger partial charge in [-0.2, -0.15) is 0 Å². The molecule has 33 heavy (non-hydrogen) atoms. The monoisotopic (exact) mass is 464 g/mol. The van der Waals surface area contributed by atoms with E-state index in [2.05, 4.69) is 22.2 Å². The third kappa shape index (κ3) is 4.20. The number of aromatic nitrogens is 4. The van der Waals surface area contributed by atoms with E-state index in [1.54, 1.807) is 12.1 Å². The predicted molar refractivity (Wildman–Crippen MR) is 127 cm³/mol. The molecule has 7 nitrogen and oxygen atoms in total. The first-order chi connectivity index (χ1) is 16.0. The van der Waals surface area contributed by atoms with Crippen molar-refractivity contribution in [1.82, 2.24) is 24.3 Å². The molecule has 1 aromatic carbocycles. The highest BCUT2D eigenvalue weighted by molar-refractivity contribution is 7.17. The Labute approximate surface area is 195 Å². The van der Waals surface area contributed by atoms with Crippen molar-refractivity contribution in [3.63, 3.8) is 0 Å². The second-order valence-electron chi connectivity index (χ2n) is 8.25. The van der Waals surface area contributed by atoms with E-state index in [1.165, 1.54) is 23.5 Å². The largest absolute Gasteiger partial charge is 0.352 e. The highest BCUT2D eigenvalue weighted by Crippen LogP contribution is 2.31. The molecule has 0 saturated carbocycles. The molecular weight excluding hydrogens is 439 g/mol. The van der Waals surface area contributed by atoms with E-state index in [4.69, 9.17) is 4.98 Å². The van der Waals surface area contributed by atoms with Gasteiger partial charge in [0.05, 0.1) is 0 Å². The minimum Gasteiger partial charge on any atom is -0.352 e. The number of imidazole rings is 1. The number of nitrogens with zero attached hydrogens (tertiary/aromatic N) is 5. The minimum absolute atomic E-state index is 0.0262. The van der Waals surface area contributed by atoms with Crippen molar-refractivity contribution < 1.29 is 9.18 Å². The zero-order valence-electron chi connectivity index (χ0n) is 18.6. The molecule has 0 radical (unpaired) electrons. The first-order valence-corrected chi connectivity index (χ1v) is 12.0. The van der Waals surface area contributed by atoms with E-state index in [-0.39, 0.29) is 17.8 Å². The van der Waals surface area contributed by atoms with Crippen LogP contribution >= 0.6 is 11.3 Å². The highest BCUT2D eigenvalue weighted by Gasteiger charge is 2.33. The molecule has 3 aromatic heterocycles. The summed E-state index contributed by atoms with van der Waals surface area (Å²) in [6, 6.07) is 6.17. The Morgan fingerprint density at radius 2 is 2.00 bits per heavy atom. The first kappa shape index (κ1) is 21.5. The summed E-state index contributed by atoms with van der Waals surface area (Å²) in [7, 11) is 0. The number of rotatable bonds is 6. The van der Waals surface area contributed by atoms with Crippen LogP contribution in [0.3, 0.4) is 0 Å². The van der Waals surface area contributed by atoms with Crippen LogP contribution in [0.2, 0.25) is 0 Å². The molecule has 1 atom stereocenters. The Morgan fingerprint density at radius 3 is 2.73 bits per heavy atom. The van der Waals surface area contributed by atoms with Crippen molar-refractivity contribution in [2.75, 3.05) is 18.4 Å². The smallest absolute Gasteiger partial charge is 0.273 e. The molecule has 9 heteroatoms. The summed E-state index contributed by atoms with van der Waals surface area (Å²) in [5.41, 5.74) is 2.92. The number of likely N-dealkylation sites (tertiary alicyclic amines) is 1. The van der Waals surface area contributed by atoms with E-state index in [9.17, 15) is 9.18 Å². The fourth-order valence-corrected chi connectivity index (χ4v) is 5.08. The van der Waals surface area contributed by atoms with Crippen LogP contribution in [-0.2, 0) is 6.42 Å². The summed E-state index contributed by atoms with van der Waals surface area (Å²) in [4.78, 5) is 31.0. The van der Waals surface area contributed by atoms with E-state index in [1.807, 2.05) is 34.8 Å². The van der Waals surface area contributed by atoms with Crippen LogP contribution in [0.1, 0.15) is 40.7 Å². The fraction of sp³-hybridized carbons (Fsp3) is 0.333. The minimum atomic E-state index is -0.316. The molecule has 1 aliphatic rings. The molecule has 4 aromatic rings. The van der Waals surface area contributed by atoms with Crippen LogP contribution in [0.15, 0.2) is 42.9 Å². The topological polar surface area (TPSA) is 75.4 Å². The molecule has 170 valence electrons. The molecule has 0 spiro atoms. The quantitative estimate of drug-likeness (QED) is 0.452. The van der Waals surface area contributed by atoms with Crippen LogP contribution in [0.5, 0.6) is 0 Å². The second kappa shape index (κ2) is 8.90. The van der Waals surface area contributed by atoms with Crippen molar-refractivity contribution >= 4 is 28.2 Å². The fourth-order valence-electron chi connectivity index (χ4n) is 4.26. The molecule has 0 bridgehead atoms. The summed E-state index contributed by atoms with van der Waals surface area (Å²) >= 11 is 1.53. The van der Waals surface area contributed by atoms with Gasteiger partial charge in [-0.25, -0.2) is 19.3 Å². The molecule has 5 rings (SSSR count). The second-order valence-corrected chi connectivity index (χ2v) is 9.47. The van der Waals surface area contributed by atoms with E-state index in [0.29, 0.717) is 30.4 Å². The summed E-state index contributed by atoms with van der Waals surface area (Å²) in [5.74, 6) is 0.188. The highest BCUT2D eigenvalue weighted by atomic mass is 32.1. The molecule has 1 N–H and O–H groups in total. The van der Waals surface area contributed by atoms with Gasteiger partial charge < -0.3 is 10.2 Å². The van der Waals surface area contributed by atoms with Crippen molar-refractivity contribution in [1.29, 1.82) is 0 Å². The number of hydrogen-bond acceptors (Lipinski definition) is 6. The Balaban J connectivity index is 1.43. The van der Waals surface area contributed by atoms with Gasteiger partial charge in [-0.05, 0) is 56.0 Å². The number of carbonyl (C=O) groups is 1. The van der Waals surface area contributed by atoms with Crippen molar-refractivity contribution in [2.45, 2.75) is 39.2 Å². The summed E-state index contributed by atoms with van der Waals surface area (Å²) in [6.07, 6.45) is 8.32. The zero-order chi connectivity index (χ0) is 22.9. The first-order valence-electron chi connectivity index (χ1n) is 11.1. The summed E-state index contributed by atoms with van der Waals surface area (Å²) in [5, 5.41) is 3.28. The van der Waals surface area contributed by atoms with E-state index < -0.39 is 0 Å². The molecule has 1 amide bonds. The third-order valence-electron chi connectivity index (χ3n) is 6.01. The number of amides is 1. The maximum atomic E-state index is 13.8.